The molecule has 2 aromatic heterocycles. The number of nitrogens with zero attached hydrogens (tertiary/aromatic N) is 3. The summed E-state index contributed by atoms with van der Waals surface area (Å²) in [5.41, 5.74) is 8.17. The summed E-state index contributed by atoms with van der Waals surface area (Å²) < 4.78 is 3.65. The fourth-order valence-corrected chi connectivity index (χ4v) is 2.58. The number of hydrogen-bond donors (Lipinski definition) is 3. The van der Waals surface area contributed by atoms with Crippen LogP contribution in [0.25, 0.3) is 0 Å². The van der Waals surface area contributed by atoms with Crippen LogP contribution in [0.2, 0.25) is 0 Å². The summed E-state index contributed by atoms with van der Waals surface area (Å²) in [6.45, 7) is 0. The number of hydrogen-bond acceptors (Lipinski definition) is 6. The van der Waals surface area contributed by atoms with Crippen LogP contribution >= 0.6 is 11.5 Å². The van der Waals surface area contributed by atoms with E-state index in [-0.39, 0.29) is 17.6 Å². The highest BCUT2D eigenvalue weighted by molar-refractivity contribution is 7.10. The molecule has 0 fully saturated rings. The Morgan fingerprint density at radius 1 is 1.61 bits per heavy atom. The number of nitrogens with one attached hydrogen (secondary N) is 2. The van der Waals surface area contributed by atoms with Crippen molar-refractivity contribution in [2.75, 3.05) is 5.73 Å². The summed E-state index contributed by atoms with van der Waals surface area (Å²) in [6, 6.07) is 0.101. The normalized spacial score (nSPS) is 18.3. The molecule has 0 bridgehead atoms. The maximum absolute atomic E-state index is 11.9. The third-order valence-electron chi connectivity index (χ3n) is 3.08. The molecule has 1 aliphatic carbocycles. The van der Waals surface area contributed by atoms with E-state index in [0.29, 0.717) is 5.00 Å². The van der Waals surface area contributed by atoms with Crippen molar-refractivity contribution in [3.05, 3.63) is 23.1 Å². The summed E-state index contributed by atoms with van der Waals surface area (Å²) in [5, 5.41) is 14.0. The average Bonchev–Trinajstić information content (AvgIpc) is 2.96. The van der Waals surface area contributed by atoms with Gasteiger partial charge in [0.15, 0.2) is 5.69 Å². The predicted molar refractivity (Wildman–Crippen MR) is 66.2 cm³/mol. The number of carbonyl (C=O) groups excluding carboxylic acids is 1. The van der Waals surface area contributed by atoms with Crippen LogP contribution in [0.1, 0.15) is 28.2 Å². The Labute approximate surface area is 107 Å². The van der Waals surface area contributed by atoms with Gasteiger partial charge in [0.05, 0.1) is 6.20 Å². The molecule has 0 saturated carbocycles. The molecule has 7 nitrogen and oxygen atoms in total. The van der Waals surface area contributed by atoms with Gasteiger partial charge in [-0.3, -0.25) is 9.89 Å². The molecule has 4 N–H and O–H groups in total. The number of amides is 1. The van der Waals surface area contributed by atoms with E-state index in [2.05, 4.69) is 25.1 Å². The van der Waals surface area contributed by atoms with Gasteiger partial charge in [-0.05, 0) is 24.8 Å². The summed E-state index contributed by atoms with van der Waals surface area (Å²) in [4.78, 5) is 11.9. The topological polar surface area (TPSA) is 110 Å². The van der Waals surface area contributed by atoms with Crippen molar-refractivity contribution in [2.45, 2.75) is 25.3 Å². The number of carbonyl (C=O) groups is 1. The van der Waals surface area contributed by atoms with Gasteiger partial charge < -0.3 is 11.1 Å². The molecule has 8 heteroatoms. The van der Waals surface area contributed by atoms with Gasteiger partial charge in [-0.15, -0.1) is 5.10 Å². The highest BCUT2D eigenvalue weighted by atomic mass is 32.1. The quantitative estimate of drug-likeness (QED) is 0.714. The van der Waals surface area contributed by atoms with Crippen molar-refractivity contribution >= 4 is 22.4 Å². The Balaban J connectivity index is 1.68. The number of anilines is 1. The Kier molecular flexibility index (Phi) is 2.71. The van der Waals surface area contributed by atoms with Crippen LogP contribution in [0.15, 0.2) is 6.20 Å². The highest BCUT2D eigenvalue weighted by Gasteiger charge is 2.23. The summed E-state index contributed by atoms with van der Waals surface area (Å²) >= 11 is 1.03. The number of H-pyrrole nitrogens is 1. The molecule has 94 valence electrons. The zero-order chi connectivity index (χ0) is 12.5. The zero-order valence-electron chi connectivity index (χ0n) is 9.51. The Morgan fingerprint density at radius 2 is 2.50 bits per heavy atom. The fraction of sp³-hybridized carbons (Fsp3) is 0.400. The summed E-state index contributed by atoms with van der Waals surface area (Å²) in [6.07, 6.45) is 4.38. The maximum atomic E-state index is 11.9. The molecule has 2 aromatic rings. The molecule has 0 spiro atoms. The van der Waals surface area contributed by atoms with E-state index in [1.807, 2.05) is 6.20 Å². The molecule has 0 unspecified atom stereocenters. The number of aromatic nitrogens is 4. The first-order valence-electron chi connectivity index (χ1n) is 5.64. The lowest BCUT2D eigenvalue weighted by molar-refractivity contribution is 0.0929. The van der Waals surface area contributed by atoms with Crippen LogP contribution in [0.4, 0.5) is 5.00 Å². The molecule has 0 aliphatic heterocycles. The van der Waals surface area contributed by atoms with Gasteiger partial charge in [0.25, 0.3) is 5.91 Å². The molecule has 2 heterocycles. The smallest absolute Gasteiger partial charge is 0.275 e. The predicted octanol–water partition coefficient (Wildman–Crippen LogP) is 0.131. The van der Waals surface area contributed by atoms with Gasteiger partial charge in [0.1, 0.15) is 5.00 Å². The lowest BCUT2D eigenvalue weighted by Gasteiger charge is -2.22. The van der Waals surface area contributed by atoms with Gasteiger partial charge in [-0.2, -0.15) is 5.10 Å². The molecule has 18 heavy (non-hydrogen) atoms. The highest BCUT2D eigenvalue weighted by Crippen LogP contribution is 2.19. The van der Waals surface area contributed by atoms with E-state index in [9.17, 15) is 4.79 Å². The van der Waals surface area contributed by atoms with Crippen molar-refractivity contribution < 1.29 is 4.79 Å². The minimum absolute atomic E-state index is 0.101. The number of nitrogen functional groups attached to an aromatic ring is 1. The zero-order valence-corrected chi connectivity index (χ0v) is 10.3. The Hall–Kier alpha value is -1.96. The summed E-state index contributed by atoms with van der Waals surface area (Å²) in [5.74, 6) is -0.252. The minimum Gasteiger partial charge on any atom is -0.387 e. The second-order valence-corrected chi connectivity index (χ2v) is 5.06. The van der Waals surface area contributed by atoms with Crippen LogP contribution in [0, 0.1) is 0 Å². The second kappa shape index (κ2) is 4.37. The molecular weight excluding hydrogens is 252 g/mol. The largest absolute Gasteiger partial charge is 0.387 e. The monoisotopic (exact) mass is 264 g/mol. The van der Waals surface area contributed by atoms with Gasteiger partial charge in [0.2, 0.25) is 0 Å². The third kappa shape index (κ3) is 1.94. The van der Waals surface area contributed by atoms with Crippen LogP contribution in [0.5, 0.6) is 0 Å². The van der Waals surface area contributed by atoms with Crippen molar-refractivity contribution in [2.24, 2.45) is 0 Å². The van der Waals surface area contributed by atoms with Crippen molar-refractivity contribution in [1.82, 2.24) is 25.1 Å². The molecule has 1 aliphatic rings. The van der Waals surface area contributed by atoms with E-state index in [1.54, 1.807) is 0 Å². The molecule has 0 radical (unpaired) electrons. The van der Waals surface area contributed by atoms with Crippen molar-refractivity contribution in [1.29, 1.82) is 0 Å². The number of aromatic amines is 1. The van der Waals surface area contributed by atoms with E-state index in [4.69, 9.17) is 5.73 Å². The van der Waals surface area contributed by atoms with E-state index in [1.165, 1.54) is 0 Å². The van der Waals surface area contributed by atoms with Crippen molar-refractivity contribution in [3.63, 3.8) is 0 Å². The van der Waals surface area contributed by atoms with Gasteiger partial charge >= 0.3 is 0 Å². The van der Waals surface area contributed by atoms with Crippen LogP contribution in [-0.2, 0) is 12.8 Å². The van der Waals surface area contributed by atoms with E-state index in [0.717, 1.165) is 42.1 Å². The number of rotatable bonds is 2. The Bertz CT molecular complexity index is 576. The molecular formula is C10H12N6OS. The van der Waals surface area contributed by atoms with Gasteiger partial charge in [0, 0.05) is 23.3 Å². The molecule has 1 atom stereocenters. The van der Waals surface area contributed by atoms with Crippen LogP contribution < -0.4 is 11.1 Å². The first kappa shape index (κ1) is 11.1. The van der Waals surface area contributed by atoms with Gasteiger partial charge in [-0.25, -0.2) is 0 Å². The van der Waals surface area contributed by atoms with Crippen LogP contribution in [0.3, 0.4) is 0 Å². The van der Waals surface area contributed by atoms with E-state index < -0.39 is 0 Å². The first-order chi connectivity index (χ1) is 8.74. The average molecular weight is 264 g/mol. The Morgan fingerprint density at radius 3 is 3.28 bits per heavy atom. The van der Waals surface area contributed by atoms with E-state index >= 15 is 0 Å². The van der Waals surface area contributed by atoms with Crippen molar-refractivity contribution in [3.8, 4) is 0 Å². The molecule has 1 amide bonds. The second-order valence-electron chi connectivity index (χ2n) is 4.27. The number of fused-ring (bicyclic) bond motifs is 1. The fourth-order valence-electron chi connectivity index (χ4n) is 2.15. The SMILES string of the molecule is Nc1snnc1C(=O)N[C@@H]1CCc2[nH]ncc2C1. The maximum Gasteiger partial charge on any atom is 0.275 e. The van der Waals surface area contributed by atoms with Crippen LogP contribution in [-0.4, -0.2) is 31.7 Å². The lowest BCUT2D eigenvalue weighted by atomic mass is 9.93. The minimum atomic E-state index is -0.252. The first-order valence-corrected chi connectivity index (χ1v) is 6.41. The standard InChI is InChI=1S/C10H12N6OS/c11-9-8(15-16-18-9)10(17)13-6-1-2-7-5(3-6)4-12-14-7/h4,6H,1-3,11H2,(H,12,14)(H,13,17)/t6-/m1/s1. The summed E-state index contributed by atoms with van der Waals surface area (Å²) in [7, 11) is 0. The molecule has 3 rings (SSSR count). The molecule has 0 aromatic carbocycles. The number of aryl methyl sites for hydroxylation is 1. The lowest BCUT2D eigenvalue weighted by Crippen LogP contribution is -2.39. The van der Waals surface area contributed by atoms with Gasteiger partial charge in [-0.1, -0.05) is 4.49 Å². The number of nitrogens with two attached hydrogens (primary N) is 1. The third-order valence-corrected chi connectivity index (χ3v) is 3.63. The molecule has 0 saturated heterocycles.